The molecule has 2 fully saturated rings. The molecule has 1 aromatic heterocycles. The molecule has 2 saturated carbocycles. The van der Waals surface area contributed by atoms with E-state index in [1.54, 1.807) is 0 Å². The third-order valence-corrected chi connectivity index (χ3v) is 6.63. The van der Waals surface area contributed by atoms with E-state index < -0.39 is 0 Å². The van der Waals surface area contributed by atoms with Gasteiger partial charge in [0.15, 0.2) is 0 Å². The minimum absolute atomic E-state index is 0.572. The normalized spacial score (nSPS) is 20.4. The van der Waals surface area contributed by atoms with Crippen LogP contribution in [-0.2, 0) is 13.0 Å². The van der Waals surface area contributed by atoms with Gasteiger partial charge >= 0.3 is 0 Å². The standard InChI is InChI=1S/C22H27BrN4/c23-18-9-8-15-10-11-27(14-17(15)12-18)21-13-20(24-19-4-2-1-3-5-19)25-22(26-21)16-6-7-16/h8-9,12-13,16,19H,1-7,10-11,14H2,(H,24,25,26). The fourth-order valence-corrected chi connectivity index (χ4v) is 4.80. The maximum Gasteiger partial charge on any atom is 0.136 e. The fourth-order valence-electron chi connectivity index (χ4n) is 4.39. The minimum atomic E-state index is 0.572. The molecule has 0 saturated heterocycles. The second kappa shape index (κ2) is 7.42. The summed E-state index contributed by atoms with van der Waals surface area (Å²) < 4.78 is 1.16. The van der Waals surface area contributed by atoms with Gasteiger partial charge in [0.05, 0.1) is 0 Å². The first-order valence-corrected chi connectivity index (χ1v) is 11.2. The molecule has 2 aliphatic carbocycles. The van der Waals surface area contributed by atoms with E-state index >= 15 is 0 Å². The van der Waals surface area contributed by atoms with E-state index in [-0.39, 0.29) is 0 Å². The summed E-state index contributed by atoms with van der Waals surface area (Å²) in [5.74, 6) is 3.75. The molecule has 5 heteroatoms. The SMILES string of the molecule is Brc1ccc2c(c1)CN(c1cc(NC3CCCCC3)nc(C3CC3)n1)CC2. The second-order valence-electron chi connectivity index (χ2n) is 8.31. The van der Waals surface area contributed by atoms with Gasteiger partial charge in [0.2, 0.25) is 0 Å². The summed E-state index contributed by atoms with van der Waals surface area (Å²) in [7, 11) is 0. The Hall–Kier alpha value is -1.62. The number of hydrogen-bond acceptors (Lipinski definition) is 4. The van der Waals surface area contributed by atoms with Gasteiger partial charge in [0.1, 0.15) is 17.5 Å². The van der Waals surface area contributed by atoms with Gasteiger partial charge in [-0.2, -0.15) is 0 Å². The molecule has 0 atom stereocenters. The van der Waals surface area contributed by atoms with Crippen LogP contribution >= 0.6 is 15.9 Å². The predicted octanol–water partition coefficient (Wildman–Crippen LogP) is 5.42. The zero-order chi connectivity index (χ0) is 18.2. The first kappa shape index (κ1) is 17.5. The highest BCUT2D eigenvalue weighted by Crippen LogP contribution is 2.39. The summed E-state index contributed by atoms with van der Waals surface area (Å²) in [6.45, 7) is 1.96. The third kappa shape index (κ3) is 3.98. The Kier molecular flexibility index (Phi) is 4.80. The Bertz CT molecular complexity index is 827. The van der Waals surface area contributed by atoms with Crippen LogP contribution in [0.1, 0.15) is 67.8 Å². The highest BCUT2D eigenvalue weighted by Gasteiger charge is 2.29. The molecule has 142 valence electrons. The molecule has 0 spiro atoms. The molecule has 1 aromatic carbocycles. The molecule has 0 bridgehead atoms. The Balaban J connectivity index is 1.41. The molecular weight excluding hydrogens is 400 g/mol. The average Bonchev–Trinajstić information content (AvgIpc) is 3.53. The van der Waals surface area contributed by atoms with E-state index in [1.165, 1.54) is 56.1 Å². The molecule has 2 heterocycles. The monoisotopic (exact) mass is 426 g/mol. The van der Waals surface area contributed by atoms with Gasteiger partial charge in [-0.1, -0.05) is 41.3 Å². The zero-order valence-corrected chi connectivity index (χ0v) is 17.3. The van der Waals surface area contributed by atoms with Crippen molar-refractivity contribution in [2.45, 2.75) is 69.9 Å². The number of aromatic nitrogens is 2. The van der Waals surface area contributed by atoms with Crippen molar-refractivity contribution in [3.8, 4) is 0 Å². The van der Waals surface area contributed by atoms with Crippen LogP contribution in [0.2, 0.25) is 0 Å². The number of benzene rings is 1. The van der Waals surface area contributed by atoms with Crippen LogP contribution in [0.4, 0.5) is 11.6 Å². The molecule has 2 aromatic rings. The van der Waals surface area contributed by atoms with Crippen molar-refractivity contribution < 1.29 is 0 Å². The van der Waals surface area contributed by atoms with E-state index in [9.17, 15) is 0 Å². The predicted molar refractivity (Wildman–Crippen MR) is 113 cm³/mol. The second-order valence-corrected chi connectivity index (χ2v) is 9.22. The van der Waals surface area contributed by atoms with Crippen molar-refractivity contribution in [2.24, 2.45) is 0 Å². The molecule has 27 heavy (non-hydrogen) atoms. The van der Waals surface area contributed by atoms with E-state index in [0.717, 1.165) is 41.4 Å². The lowest BCUT2D eigenvalue weighted by atomic mass is 9.95. The highest BCUT2D eigenvalue weighted by molar-refractivity contribution is 9.10. The van der Waals surface area contributed by atoms with Crippen molar-refractivity contribution in [3.05, 3.63) is 45.7 Å². The average molecular weight is 427 g/mol. The van der Waals surface area contributed by atoms with Gasteiger partial charge in [0, 0.05) is 35.6 Å². The van der Waals surface area contributed by atoms with Crippen molar-refractivity contribution in [2.75, 3.05) is 16.8 Å². The summed E-state index contributed by atoms with van der Waals surface area (Å²) in [5.41, 5.74) is 2.87. The van der Waals surface area contributed by atoms with Crippen molar-refractivity contribution in [1.82, 2.24) is 9.97 Å². The smallest absolute Gasteiger partial charge is 0.136 e. The first-order chi connectivity index (χ1) is 13.2. The molecule has 1 N–H and O–H groups in total. The van der Waals surface area contributed by atoms with E-state index in [0.29, 0.717) is 12.0 Å². The Labute approximate surface area is 169 Å². The summed E-state index contributed by atoms with van der Waals surface area (Å²) in [6.07, 6.45) is 10.1. The largest absolute Gasteiger partial charge is 0.367 e. The maximum atomic E-state index is 4.97. The van der Waals surface area contributed by atoms with E-state index in [1.807, 2.05) is 0 Å². The van der Waals surface area contributed by atoms with Gasteiger partial charge in [-0.15, -0.1) is 0 Å². The highest BCUT2D eigenvalue weighted by atomic mass is 79.9. The number of halogens is 1. The maximum absolute atomic E-state index is 4.97. The first-order valence-electron chi connectivity index (χ1n) is 10.4. The van der Waals surface area contributed by atoms with Crippen LogP contribution in [0.3, 0.4) is 0 Å². The number of rotatable bonds is 4. The van der Waals surface area contributed by atoms with Crippen LogP contribution < -0.4 is 10.2 Å². The lowest BCUT2D eigenvalue weighted by Gasteiger charge is -2.31. The van der Waals surface area contributed by atoms with Gasteiger partial charge < -0.3 is 10.2 Å². The summed E-state index contributed by atoms with van der Waals surface area (Å²) in [6, 6.07) is 9.42. The van der Waals surface area contributed by atoms with Crippen LogP contribution in [0, 0.1) is 0 Å². The van der Waals surface area contributed by atoms with Crippen molar-refractivity contribution in [1.29, 1.82) is 0 Å². The Morgan fingerprint density at radius 2 is 1.81 bits per heavy atom. The molecular formula is C22H27BrN4. The lowest BCUT2D eigenvalue weighted by molar-refractivity contribution is 0.461. The third-order valence-electron chi connectivity index (χ3n) is 6.13. The molecule has 0 radical (unpaired) electrons. The summed E-state index contributed by atoms with van der Waals surface area (Å²) in [5, 5.41) is 3.73. The number of nitrogens with zero attached hydrogens (tertiary/aromatic N) is 3. The molecule has 0 amide bonds. The van der Waals surface area contributed by atoms with Crippen LogP contribution in [0.5, 0.6) is 0 Å². The van der Waals surface area contributed by atoms with Gasteiger partial charge in [-0.25, -0.2) is 9.97 Å². The fraction of sp³-hybridized carbons (Fsp3) is 0.545. The number of fused-ring (bicyclic) bond motifs is 1. The summed E-state index contributed by atoms with van der Waals surface area (Å²) in [4.78, 5) is 12.3. The van der Waals surface area contributed by atoms with Crippen molar-refractivity contribution in [3.63, 3.8) is 0 Å². The van der Waals surface area contributed by atoms with Crippen molar-refractivity contribution >= 4 is 27.6 Å². The van der Waals surface area contributed by atoms with Gasteiger partial charge in [-0.05, 0) is 55.4 Å². The van der Waals surface area contributed by atoms with Crippen LogP contribution in [0.25, 0.3) is 0 Å². The number of anilines is 2. The molecule has 3 aliphatic rings. The number of nitrogens with one attached hydrogen (secondary N) is 1. The molecule has 5 rings (SSSR count). The quantitative estimate of drug-likeness (QED) is 0.707. The zero-order valence-electron chi connectivity index (χ0n) is 15.8. The van der Waals surface area contributed by atoms with Crippen LogP contribution in [0.15, 0.2) is 28.7 Å². The minimum Gasteiger partial charge on any atom is -0.367 e. The molecule has 0 unspecified atom stereocenters. The topological polar surface area (TPSA) is 41.0 Å². The van der Waals surface area contributed by atoms with E-state index in [4.69, 9.17) is 9.97 Å². The Morgan fingerprint density at radius 1 is 0.963 bits per heavy atom. The van der Waals surface area contributed by atoms with Gasteiger partial charge in [-0.3, -0.25) is 0 Å². The van der Waals surface area contributed by atoms with Crippen LogP contribution in [-0.4, -0.2) is 22.6 Å². The van der Waals surface area contributed by atoms with E-state index in [2.05, 4.69) is 50.4 Å². The van der Waals surface area contributed by atoms with Gasteiger partial charge in [0.25, 0.3) is 0 Å². The number of hydrogen-bond donors (Lipinski definition) is 1. The lowest BCUT2D eigenvalue weighted by Crippen LogP contribution is -2.31. The molecule has 1 aliphatic heterocycles. The molecule has 4 nitrogen and oxygen atoms in total. The summed E-state index contributed by atoms with van der Waals surface area (Å²) >= 11 is 3.62. The Morgan fingerprint density at radius 3 is 2.63 bits per heavy atom.